The first-order chi connectivity index (χ1) is 13.3. The molecular formula is C21H23N3O3Si. The van der Waals surface area contributed by atoms with Crippen LogP contribution in [-0.2, 0) is 4.43 Å². The lowest BCUT2D eigenvalue weighted by molar-refractivity contribution is 0.244. The van der Waals surface area contributed by atoms with E-state index in [1.54, 1.807) is 0 Å². The summed E-state index contributed by atoms with van der Waals surface area (Å²) in [4.78, 5) is 13.1. The standard InChI is InChI=1S/C21H23N3O3Si/c1-28(2,3)27-17-13-18(26-16-12-8-7-11-15(16)17)19-20(22)23-24(21(19)25)14-9-5-4-6-10-14/h4-13,18,23H,22H2,1-3H3. The Balaban J connectivity index is 1.81. The average Bonchev–Trinajstić information content (AvgIpc) is 2.95. The molecule has 1 atom stereocenters. The molecule has 3 N–H and O–H groups in total. The van der Waals surface area contributed by atoms with E-state index in [-0.39, 0.29) is 11.4 Å². The van der Waals surface area contributed by atoms with Crippen molar-refractivity contribution < 1.29 is 9.16 Å². The third-order valence-corrected chi connectivity index (χ3v) is 5.21. The molecular weight excluding hydrogens is 370 g/mol. The Morgan fingerprint density at radius 1 is 1.07 bits per heavy atom. The van der Waals surface area contributed by atoms with Gasteiger partial charge in [-0.3, -0.25) is 9.89 Å². The Morgan fingerprint density at radius 3 is 2.46 bits per heavy atom. The fraction of sp³-hybridized carbons (Fsp3) is 0.190. The Hall–Kier alpha value is -3.19. The van der Waals surface area contributed by atoms with E-state index in [0.717, 1.165) is 11.3 Å². The van der Waals surface area contributed by atoms with Crippen molar-refractivity contribution in [2.75, 3.05) is 5.73 Å². The van der Waals surface area contributed by atoms with Crippen LogP contribution in [0.25, 0.3) is 11.4 Å². The highest BCUT2D eigenvalue weighted by Crippen LogP contribution is 2.39. The third kappa shape index (κ3) is 3.36. The minimum absolute atomic E-state index is 0.239. The van der Waals surface area contributed by atoms with Gasteiger partial charge in [0.25, 0.3) is 5.56 Å². The van der Waals surface area contributed by atoms with Crippen LogP contribution in [0.15, 0.2) is 65.5 Å². The average molecular weight is 394 g/mol. The van der Waals surface area contributed by atoms with Crippen LogP contribution in [0.3, 0.4) is 0 Å². The number of fused-ring (bicyclic) bond motifs is 1. The fourth-order valence-corrected chi connectivity index (χ4v) is 4.07. The number of ether oxygens (including phenoxy) is 1. The third-order valence-electron chi connectivity index (χ3n) is 4.38. The van der Waals surface area contributed by atoms with Gasteiger partial charge in [-0.1, -0.05) is 30.3 Å². The summed E-state index contributed by atoms with van der Waals surface area (Å²) in [5.74, 6) is 1.69. The second kappa shape index (κ2) is 6.76. The van der Waals surface area contributed by atoms with E-state index < -0.39 is 14.4 Å². The number of nitrogen functional groups attached to an aromatic ring is 1. The SMILES string of the molecule is C[Si](C)(C)OC1=CC(c2c(N)[nH]n(-c3ccccc3)c2=O)Oc2ccccc21. The number of nitrogens with one attached hydrogen (secondary N) is 1. The van der Waals surface area contributed by atoms with E-state index >= 15 is 0 Å². The minimum Gasteiger partial charge on any atom is -0.544 e. The Kier molecular flexibility index (Phi) is 4.39. The van der Waals surface area contributed by atoms with Gasteiger partial charge in [0.1, 0.15) is 22.9 Å². The number of H-pyrrole nitrogens is 1. The van der Waals surface area contributed by atoms with Crippen molar-refractivity contribution in [2.24, 2.45) is 0 Å². The first kappa shape index (κ1) is 18.2. The molecule has 6 nitrogen and oxygen atoms in total. The topological polar surface area (TPSA) is 82.3 Å². The van der Waals surface area contributed by atoms with Crippen molar-refractivity contribution in [2.45, 2.75) is 25.7 Å². The molecule has 1 aliphatic rings. The first-order valence-electron chi connectivity index (χ1n) is 9.16. The van der Waals surface area contributed by atoms with E-state index in [4.69, 9.17) is 14.9 Å². The minimum atomic E-state index is -1.86. The van der Waals surface area contributed by atoms with Gasteiger partial charge in [0.15, 0.2) is 6.10 Å². The molecule has 144 valence electrons. The molecule has 2 heterocycles. The van der Waals surface area contributed by atoms with Gasteiger partial charge in [0.2, 0.25) is 8.32 Å². The van der Waals surface area contributed by atoms with Crippen molar-refractivity contribution >= 4 is 19.9 Å². The van der Waals surface area contributed by atoms with Crippen LogP contribution in [0.2, 0.25) is 19.6 Å². The van der Waals surface area contributed by atoms with Crippen molar-refractivity contribution in [1.82, 2.24) is 9.78 Å². The summed E-state index contributed by atoms with van der Waals surface area (Å²) in [5, 5.41) is 2.95. The van der Waals surface area contributed by atoms with Crippen molar-refractivity contribution in [3.63, 3.8) is 0 Å². The number of hydrogen-bond donors (Lipinski definition) is 2. The van der Waals surface area contributed by atoms with E-state index in [1.807, 2.05) is 60.7 Å². The van der Waals surface area contributed by atoms with Gasteiger partial charge >= 0.3 is 0 Å². The molecule has 0 spiro atoms. The fourth-order valence-electron chi connectivity index (χ4n) is 3.23. The predicted octanol–water partition coefficient (Wildman–Crippen LogP) is 4.07. The summed E-state index contributed by atoms with van der Waals surface area (Å²) in [7, 11) is -1.86. The molecule has 28 heavy (non-hydrogen) atoms. The molecule has 1 aromatic heterocycles. The Morgan fingerprint density at radius 2 is 1.75 bits per heavy atom. The molecule has 1 aliphatic heterocycles. The van der Waals surface area contributed by atoms with Gasteiger partial charge in [-0.25, -0.2) is 4.68 Å². The molecule has 0 saturated heterocycles. The summed E-state index contributed by atoms with van der Waals surface area (Å²) in [5.41, 5.74) is 7.92. The lowest BCUT2D eigenvalue weighted by atomic mass is 10.0. The zero-order valence-electron chi connectivity index (χ0n) is 16.1. The molecule has 0 saturated carbocycles. The zero-order chi connectivity index (χ0) is 19.9. The number of benzene rings is 2. The predicted molar refractivity (Wildman–Crippen MR) is 113 cm³/mol. The number of nitrogens with zero attached hydrogens (tertiary/aromatic N) is 1. The van der Waals surface area contributed by atoms with Gasteiger partial charge in [-0.15, -0.1) is 0 Å². The van der Waals surface area contributed by atoms with Crippen LogP contribution < -0.4 is 16.0 Å². The maximum Gasteiger partial charge on any atom is 0.280 e. The first-order valence-corrected chi connectivity index (χ1v) is 12.6. The van der Waals surface area contributed by atoms with Gasteiger partial charge < -0.3 is 14.9 Å². The van der Waals surface area contributed by atoms with Crippen LogP contribution in [0, 0.1) is 0 Å². The summed E-state index contributed by atoms with van der Waals surface area (Å²) in [6.45, 7) is 6.36. The second-order valence-corrected chi connectivity index (χ2v) is 12.1. The number of aromatic amines is 1. The summed E-state index contributed by atoms with van der Waals surface area (Å²) in [6.07, 6.45) is 1.21. The van der Waals surface area contributed by atoms with Crippen LogP contribution in [0.5, 0.6) is 5.75 Å². The van der Waals surface area contributed by atoms with Gasteiger partial charge in [-0.05, 0) is 43.9 Å². The smallest absolute Gasteiger partial charge is 0.280 e. The van der Waals surface area contributed by atoms with Crippen molar-refractivity contribution in [3.8, 4) is 11.4 Å². The van der Waals surface area contributed by atoms with Gasteiger partial charge in [-0.2, -0.15) is 0 Å². The monoisotopic (exact) mass is 393 g/mol. The maximum absolute atomic E-state index is 13.1. The number of nitrogens with two attached hydrogens (primary N) is 1. The van der Waals surface area contributed by atoms with E-state index in [2.05, 4.69) is 24.7 Å². The molecule has 0 fully saturated rings. The van der Waals surface area contributed by atoms with E-state index in [1.165, 1.54) is 4.68 Å². The molecule has 4 rings (SSSR count). The zero-order valence-corrected chi connectivity index (χ0v) is 17.1. The second-order valence-electron chi connectivity index (χ2n) is 7.70. The highest BCUT2D eigenvalue weighted by Gasteiger charge is 2.30. The number of rotatable bonds is 4. The Labute approximate surface area is 164 Å². The molecule has 3 aromatic rings. The molecule has 0 bridgehead atoms. The normalized spacial score (nSPS) is 16.1. The van der Waals surface area contributed by atoms with Crippen LogP contribution in [0.1, 0.15) is 17.2 Å². The van der Waals surface area contributed by atoms with Gasteiger partial charge in [0.05, 0.1) is 11.3 Å². The molecule has 2 aromatic carbocycles. The van der Waals surface area contributed by atoms with Gasteiger partial charge in [0, 0.05) is 6.08 Å². The lowest BCUT2D eigenvalue weighted by Crippen LogP contribution is -2.27. The number of para-hydroxylation sites is 2. The molecule has 7 heteroatoms. The van der Waals surface area contributed by atoms with Crippen LogP contribution >= 0.6 is 0 Å². The van der Waals surface area contributed by atoms with E-state index in [9.17, 15) is 4.79 Å². The highest BCUT2D eigenvalue weighted by molar-refractivity contribution is 6.70. The van der Waals surface area contributed by atoms with E-state index in [0.29, 0.717) is 17.0 Å². The van der Waals surface area contributed by atoms with Crippen LogP contribution in [0.4, 0.5) is 5.82 Å². The quantitative estimate of drug-likeness (QED) is 0.655. The van der Waals surface area contributed by atoms with Crippen molar-refractivity contribution in [1.29, 1.82) is 0 Å². The summed E-state index contributed by atoms with van der Waals surface area (Å²) < 4.78 is 13.8. The molecule has 0 amide bonds. The molecule has 0 aliphatic carbocycles. The molecule has 1 unspecified atom stereocenters. The lowest BCUT2D eigenvalue weighted by Gasteiger charge is -2.29. The Bertz CT molecular complexity index is 1090. The summed E-state index contributed by atoms with van der Waals surface area (Å²) in [6, 6.07) is 17.0. The van der Waals surface area contributed by atoms with Crippen LogP contribution in [-0.4, -0.2) is 18.1 Å². The summed E-state index contributed by atoms with van der Waals surface area (Å²) >= 11 is 0. The highest BCUT2D eigenvalue weighted by atomic mass is 28.4. The number of aromatic nitrogens is 2. The number of hydrogen-bond acceptors (Lipinski definition) is 4. The number of anilines is 1. The van der Waals surface area contributed by atoms with Crippen molar-refractivity contribution in [3.05, 3.63) is 82.2 Å². The molecule has 0 radical (unpaired) electrons. The maximum atomic E-state index is 13.1. The largest absolute Gasteiger partial charge is 0.544 e.